The number of rotatable bonds is 3. The normalized spacial score (nSPS) is 15.9. The van der Waals surface area contributed by atoms with Gasteiger partial charge in [-0.2, -0.15) is 0 Å². The lowest BCUT2D eigenvalue weighted by molar-refractivity contribution is 0.332. The van der Waals surface area contributed by atoms with Gasteiger partial charge in [0.25, 0.3) is 0 Å². The van der Waals surface area contributed by atoms with Gasteiger partial charge in [0.2, 0.25) is 0 Å². The van der Waals surface area contributed by atoms with Crippen LogP contribution in [0.1, 0.15) is 104 Å². The van der Waals surface area contributed by atoms with Crippen LogP contribution < -0.4 is 20.8 Å². The Morgan fingerprint density at radius 2 is 1.12 bits per heavy atom. The molecule has 6 heteroatoms. The van der Waals surface area contributed by atoms with Crippen LogP contribution in [-0.2, 0) is 21.7 Å². The Kier molecular flexibility index (Phi) is 8.99. The molecule has 0 saturated heterocycles. The van der Waals surface area contributed by atoms with E-state index in [1.165, 1.54) is 71.9 Å². The molecule has 0 unspecified atom stereocenters. The summed E-state index contributed by atoms with van der Waals surface area (Å²) in [6, 6.07) is 57.2. The number of furan rings is 2. The van der Waals surface area contributed by atoms with Gasteiger partial charge in [-0.25, -0.2) is 0 Å². The van der Waals surface area contributed by atoms with E-state index in [0.29, 0.717) is 0 Å². The number of hydrogen-bond acceptors (Lipinski definition) is 5. The van der Waals surface area contributed by atoms with Crippen molar-refractivity contribution in [2.45, 2.75) is 104 Å². The summed E-state index contributed by atoms with van der Waals surface area (Å²) in [5.74, 6) is 0. The van der Waals surface area contributed by atoms with E-state index < -0.39 is 0 Å². The van der Waals surface area contributed by atoms with E-state index in [1.54, 1.807) is 0 Å². The topological polar surface area (TPSA) is 32.8 Å². The number of thiophene rings is 1. The molecule has 0 atom stereocenters. The number of anilines is 5. The van der Waals surface area contributed by atoms with Gasteiger partial charge in [0.05, 0.1) is 5.69 Å². The fourth-order valence-electron chi connectivity index (χ4n) is 12.6. The van der Waals surface area contributed by atoms with Crippen LogP contribution in [0.25, 0.3) is 75.3 Å². The monoisotopic (exact) mass is 954 g/mol. The number of hydrogen-bond donors (Lipinski definition) is 0. The Balaban J connectivity index is 1.14. The van der Waals surface area contributed by atoms with Gasteiger partial charge in [-0.15, -0.1) is 11.3 Å². The third-order valence-corrected chi connectivity index (χ3v) is 17.9. The zero-order valence-electron chi connectivity index (χ0n) is 43.0. The van der Waals surface area contributed by atoms with Crippen molar-refractivity contribution in [1.29, 1.82) is 0 Å². The van der Waals surface area contributed by atoms with E-state index >= 15 is 0 Å². The maximum Gasteiger partial charge on any atom is 0.376 e. The smallest absolute Gasteiger partial charge is 0.376 e. The second-order valence-electron chi connectivity index (χ2n) is 24.4. The molecule has 4 nitrogen and oxygen atoms in total. The first-order valence-corrected chi connectivity index (χ1v) is 26.7. The van der Waals surface area contributed by atoms with E-state index in [0.717, 1.165) is 78.1 Å². The van der Waals surface area contributed by atoms with Crippen molar-refractivity contribution >= 4 is 111 Å². The molecule has 3 aromatic heterocycles. The van der Waals surface area contributed by atoms with Crippen molar-refractivity contribution in [3.8, 4) is 22.3 Å². The van der Waals surface area contributed by atoms with Crippen LogP contribution in [0.4, 0.5) is 28.4 Å². The minimum atomic E-state index is -0.339. The van der Waals surface area contributed by atoms with Crippen LogP contribution in [0.5, 0.6) is 0 Å². The van der Waals surface area contributed by atoms with E-state index in [9.17, 15) is 0 Å². The summed E-state index contributed by atoms with van der Waals surface area (Å²) in [4.78, 5) is 5.11. The van der Waals surface area contributed by atoms with Crippen LogP contribution in [0, 0.1) is 0 Å². The standard InChI is InChI=1S/C66H59BN2O2S/c1-63(2,3)40-21-25-42(26-22-40)68-53-35-47-44-18-14-15-19-54(44)70-61(47)58-48-33-45-46-34-50-51(66(9,10)31-30-65(50,7)8)36-56(46)72-57(45)37-52(48)69(43-27-23-41(24-28-43)64(4,5)6)67(59(53)58)62-60(68)49-32-39(20-29-55(49)71-62)38-16-12-11-13-17-38/h11-29,32-37H,30-31H2,1-10H3. The third kappa shape index (κ3) is 6.30. The molecule has 0 N–H and O–H groups in total. The number of para-hydroxylation sites is 1. The second-order valence-corrected chi connectivity index (χ2v) is 25.5. The molecule has 0 bridgehead atoms. The molecular formula is C66H59BN2O2S. The molecule has 14 rings (SSSR count). The maximum atomic E-state index is 7.50. The molecular weight excluding hydrogens is 896 g/mol. The minimum Gasteiger partial charge on any atom is -0.466 e. The molecule has 2 aliphatic heterocycles. The third-order valence-electron chi connectivity index (χ3n) is 16.8. The predicted molar refractivity (Wildman–Crippen MR) is 308 cm³/mol. The average Bonchev–Trinajstić information content (AvgIpc) is 4.05. The van der Waals surface area contributed by atoms with Crippen molar-refractivity contribution in [2.24, 2.45) is 0 Å². The quantitative estimate of drug-likeness (QED) is 0.165. The van der Waals surface area contributed by atoms with Crippen LogP contribution >= 0.6 is 11.3 Å². The fourth-order valence-corrected chi connectivity index (χ4v) is 13.8. The lowest BCUT2D eigenvalue weighted by atomic mass is 9.45. The van der Waals surface area contributed by atoms with Crippen molar-refractivity contribution < 1.29 is 8.83 Å². The van der Waals surface area contributed by atoms with Crippen LogP contribution in [0.15, 0.2) is 160 Å². The van der Waals surface area contributed by atoms with E-state index in [4.69, 9.17) is 8.83 Å². The zero-order valence-corrected chi connectivity index (χ0v) is 43.9. The molecule has 0 amide bonds. The second kappa shape index (κ2) is 14.8. The van der Waals surface area contributed by atoms with Crippen LogP contribution in [0.3, 0.4) is 0 Å². The average molecular weight is 955 g/mol. The van der Waals surface area contributed by atoms with Gasteiger partial charge in [0, 0.05) is 70.2 Å². The molecule has 72 heavy (non-hydrogen) atoms. The highest BCUT2D eigenvalue weighted by Gasteiger charge is 2.50. The Morgan fingerprint density at radius 1 is 0.514 bits per heavy atom. The number of nitrogens with zero attached hydrogens (tertiary/aromatic N) is 2. The van der Waals surface area contributed by atoms with Gasteiger partial charge in [0.1, 0.15) is 22.4 Å². The van der Waals surface area contributed by atoms with Crippen LogP contribution in [-0.4, -0.2) is 6.85 Å². The van der Waals surface area contributed by atoms with Crippen molar-refractivity contribution in [1.82, 2.24) is 0 Å². The van der Waals surface area contributed by atoms with Gasteiger partial charge in [-0.3, -0.25) is 0 Å². The molecule has 0 radical (unpaired) electrons. The number of fused-ring (bicyclic) bond motifs is 14. The molecule has 8 aromatic carbocycles. The zero-order chi connectivity index (χ0) is 49.4. The van der Waals surface area contributed by atoms with E-state index in [-0.39, 0.29) is 28.5 Å². The van der Waals surface area contributed by atoms with Gasteiger partial charge in [-0.1, -0.05) is 148 Å². The highest BCUT2D eigenvalue weighted by atomic mass is 32.1. The van der Waals surface area contributed by atoms with Gasteiger partial charge >= 0.3 is 6.85 Å². The highest BCUT2D eigenvalue weighted by Crippen LogP contribution is 2.55. The van der Waals surface area contributed by atoms with Crippen molar-refractivity contribution in [3.63, 3.8) is 0 Å². The predicted octanol–water partition coefficient (Wildman–Crippen LogP) is 18.0. The van der Waals surface area contributed by atoms with Gasteiger partial charge in [0.15, 0.2) is 0 Å². The Hall–Kier alpha value is -7.02. The minimum absolute atomic E-state index is 0.00716. The van der Waals surface area contributed by atoms with Gasteiger partial charge < -0.3 is 18.5 Å². The molecule has 0 spiro atoms. The Labute approximate surface area is 427 Å². The summed E-state index contributed by atoms with van der Waals surface area (Å²) in [6.07, 6.45) is 2.36. The lowest BCUT2D eigenvalue weighted by Gasteiger charge is -2.44. The lowest BCUT2D eigenvalue weighted by Crippen LogP contribution is -2.61. The SMILES string of the molecule is CC(C)(C)c1ccc(N2B3c4oc5ccc(-c6ccccc6)cc5c4N(c4ccc(C(C)(C)C)cc4)c4cc5c(oc6ccccc65)c(c43)-c3cc4c(cc32)sc2cc3c(cc24)C(C)(C)CCC3(C)C)cc1. The van der Waals surface area contributed by atoms with E-state index in [2.05, 4.69) is 231 Å². The first-order chi connectivity index (χ1) is 34.4. The maximum absolute atomic E-state index is 7.50. The first kappa shape index (κ1) is 43.7. The molecule has 354 valence electrons. The molecule has 3 aliphatic rings. The largest absolute Gasteiger partial charge is 0.466 e. The summed E-state index contributed by atoms with van der Waals surface area (Å²) >= 11 is 1.93. The molecule has 1 aliphatic carbocycles. The first-order valence-electron chi connectivity index (χ1n) is 25.9. The fraction of sp³-hybridized carbons (Fsp3) is 0.242. The summed E-state index contributed by atoms with van der Waals surface area (Å²) < 4.78 is 17.3. The van der Waals surface area contributed by atoms with Gasteiger partial charge in [-0.05, 0) is 146 Å². The van der Waals surface area contributed by atoms with E-state index in [1.807, 2.05) is 11.3 Å². The molecule has 0 saturated carbocycles. The Bertz CT molecular complexity index is 4060. The van der Waals surface area contributed by atoms with Crippen LogP contribution in [0.2, 0.25) is 0 Å². The molecule has 5 heterocycles. The summed E-state index contributed by atoms with van der Waals surface area (Å²) in [7, 11) is 0. The molecule has 11 aromatic rings. The summed E-state index contributed by atoms with van der Waals surface area (Å²) in [5.41, 5.74) is 20.7. The Morgan fingerprint density at radius 3 is 1.82 bits per heavy atom. The summed E-state index contributed by atoms with van der Waals surface area (Å²) in [6.45, 7) is 23.2. The summed E-state index contributed by atoms with van der Waals surface area (Å²) in [5, 5.41) is 5.94. The molecule has 0 fully saturated rings. The van der Waals surface area contributed by atoms with Crippen molar-refractivity contribution in [2.75, 3.05) is 9.71 Å². The number of benzene rings is 8. The highest BCUT2D eigenvalue weighted by molar-refractivity contribution is 7.26. The van der Waals surface area contributed by atoms with Crippen molar-refractivity contribution in [3.05, 3.63) is 174 Å².